The highest BCUT2D eigenvalue weighted by molar-refractivity contribution is 9.10. The van der Waals surface area contributed by atoms with Crippen molar-refractivity contribution in [3.05, 3.63) is 69.5 Å². The van der Waals surface area contributed by atoms with Crippen LogP contribution in [0.2, 0.25) is 5.02 Å². The van der Waals surface area contributed by atoms with Gasteiger partial charge in [0, 0.05) is 21.1 Å². The predicted molar refractivity (Wildman–Crippen MR) is 103 cm³/mol. The Hall–Kier alpha value is -1.69. The van der Waals surface area contributed by atoms with E-state index in [1.165, 1.54) is 5.56 Å². The number of nitrogens with one attached hydrogen (secondary N) is 1. The molecule has 0 unspecified atom stereocenters. The maximum Gasteiger partial charge on any atom is 0.240 e. The van der Waals surface area contributed by atoms with Crippen LogP contribution < -0.4 is 5.32 Å². The zero-order chi connectivity index (χ0) is 17.8. The molecule has 1 heterocycles. The van der Waals surface area contributed by atoms with Gasteiger partial charge in [0.15, 0.2) is 0 Å². The predicted octanol–water partition coefficient (Wildman–Crippen LogP) is 5.64. The molecule has 0 spiro atoms. The van der Waals surface area contributed by atoms with Crippen molar-refractivity contribution in [3.63, 3.8) is 0 Å². The van der Waals surface area contributed by atoms with Crippen LogP contribution in [0.5, 0.6) is 0 Å². The van der Waals surface area contributed by atoms with Crippen molar-refractivity contribution in [1.82, 2.24) is 15.5 Å². The average Bonchev–Trinajstić information content (AvgIpc) is 3.05. The molecule has 0 saturated heterocycles. The quantitative estimate of drug-likeness (QED) is 0.560. The summed E-state index contributed by atoms with van der Waals surface area (Å²) in [4.78, 5) is 4.48. The van der Waals surface area contributed by atoms with Gasteiger partial charge in [-0.3, -0.25) is 0 Å². The molecular formula is C19H19BrClN3O. The summed E-state index contributed by atoms with van der Waals surface area (Å²) in [5, 5.41) is 8.31. The lowest BCUT2D eigenvalue weighted by molar-refractivity contribution is 0.338. The molecule has 0 amide bonds. The first kappa shape index (κ1) is 18.1. The van der Waals surface area contributed by atoms with Crippen molar-refractivity contribution in [2.75, 3.05) is 0 Å². The van der Waals surface area contributed by atoms with Crippen LogP contribution in [0.4, 0.5) is 0 Å². The average molecular weight is 421 g/mol. The number of halogens is 2. The number of aromatic nitrogens is 2. The summed E-state index contributed by atoms with van der Waals surface area (Å²) >= 11 is 9.44. The van der Waals surface area contributed by atoms with Gasteiger partial charge in [-0.05, 0) is 35.7 Å². The van der Waals surface area contributed by atoms with Gasteiger partial charge in [-0.1, -0.05) is 70.8 Å². The largest absolute Gasteiger partial charge is 0.338 e. The number of nitrogens with zero attached hydrogens (tertiary/aromatic N) is 2. The van der Waals surface area contributed by atoms with E-state index in [-0.39, 0.29) is 6.04 Å². The molecule has 1 aromatic heterocycles. The molecule has 0 bridgehead atoms. The topological polar surface area (TPSA) is 51.0 Å². The van der Waals surface area contributed by atoms with Gasteiger partial charge in [-0.2, -0.15) is 4.98 Å². The second-order valence-electron chi connectivity index (χ2n) is 6.18. The van der Waals surface area contributed by atoms with Crippen molar-refractivity contribution in [2.24, 2.45) is 5.92 Å². The molecule has 0 aliphatic rings. The Bertz CT molecular complexity index is 833. The van der Waals surface area contributed by atoms with E-state index in [9.17, 15) is 0 Å². The van der Waals surface area contributed by atoms with Crippen LogP contribution in [0.15, 0.2) is 57.5 Å². The molecule has 0 saturated carbocycles. The van der Waals surface area contributed by atoms with Gasteiger partial charge in [-0.25, -0.2) is 0 Å². The van der Waals surface area contributed by atoms with Crippen LogP contribution in [0.1, 0.15) is 31.3 Å². The van der Waals surface area contributed by atoms with Gasteiger partial charge in [0.1, 0.15) is 0 Å². The minimum atomic E-state index is 0.179. The summed E-state index contributed by atoms with van der Waals surface area (Å²) in [5.74, 6) is 1.56. The van der Waals surface area contributed by atoms with Crippen LogP contribution in [0, 0.1) is 5.92 Å². The zero-order valence-corrected chi connectivity index (χ0v) is 16.4. The summed E-state index contributed by atoms with van der Waals surface area (Å²) in [6.07, 6.45) is 0. The fourth-order valence-electron chi connectivity index (χ4n) is 2.68. The summed E-state index contributed by atoms with van der Waals surface area (Å²) in [6.45, 7) is 4.85. The van der Waals surface area contributed by atoms with E-state index >= 15 is 0 Å². The fourth-order valence-corrected chi connectivity index (χ4v) is 3.20. The van der Waals surface area contributed by atoms with E-state index < -0.39 is 0 Å². The molecule has 0 aliphatic carbocycles. The first-order valence-corrected chi connectivity index (χ1v) is 9.27. The molecule has 1 atom stereocenters. The van der Waals surface area contributed by atoms with Gasteiger partial charge in [0.2, 0.25) is 11.7 Å². The second-order valence-corrected chi connectivity index (χ2v) is 7.53. The van der Waals surface area contributed by atoms with Crippen LogP contribution in [0.3, 0.4) is 0 Å². The Morgan fingerprint density at radius 3 is 2.60 bits per heavy atom. The smallest absolute Gasteiger partial charge is 0.240 e. The van der Waals surface area contributed by atoms with Gasteiger partial charge >= 0.3 is 0 Å². The second kappa shape index (κ2) is 8.13. The Morgan fingerprint density at radius 2 is 1.92 bits per heavy atom. The van der Waals surface area contributed by atoms with E-state index in [2.05, 4.69) is 45.2 Å². The SMILES string of the molecule is CC(C)[C@@H](NCc1nc(-c2cccc(Br)c2)no1)c1ccc(Cl)cc1. The monoisotopic (exact) mass is 419 g/mol. The summed E-state index contributed by atoms with van der Waals surface area (Å²) < 4.78 is 6.37. The molecule has 1 N–H and O–H groups in total. The van der Waals surface area contributed by atoms with E-state index in [0.29, 0.717) is 24.2 Å². The maximum absolute atomic E-state index is 5.98. The molecule has 130 valence electrons. The van der Waals surface area contributed by atoms with Gasteiger partial charge in [0.25, 0.3) is 0 Å². The molecule has 4 nitrogen and oxygen atoms in total. The van der Waals surface area contributed by atoms with E-state index in [1.807, 2.05) is 48.5 Å². The van der Waals surface area contributed by atoms with Crippen molar-refractivity contribution in [2.45, 2.75) is 26.4 Å². The lowest BCUT2D eigenvalue weighted by Gasteiger charge is -2.22. The Kier molecular flexibility index (Phi) is 5.89. The van der Waals surface area contributed by atoms with Gasteiger partial charge < -0.3 is 9.84 Å². The molecule has 2 aromatic carbocycles. The third-order valence-corrected chi connectivity index (χ3v) is 4.67. The van der Waals surface area contributed by atoms with Crippen LogP contribution in [-0.2, 0) is 6.54 Å². The molecule has 3 rings (SSSR count). The van der Waals surface area contributed by atoms with Crippen LogP contribution in [0.25, 0.3) is 11.4 Å². The van der Waals surface area contributed by atoms with Crippen molar-refractivity contribution in [1.29, 1.82) is 0 Å². The third kappa shape index (κ3) is 4.69. The Balaban J connectivity index is 1.70. The molecule has 0 aliphatic heterocycles. The molecule has 6 heteroatoms. The number of hydrogen-bond donors (Lipinski definition) is 1. The number of benzene rings is 2. The minimum Gasteiger partial charge on any atom is -0.338 e. The Morgan fingerprint density at radius 1 is 1.16 bits per heavy atom. The highest BCUT2D eigenvalue weighted by atomic mass is 79.9. The fraction of sp³-hybridized carbons (Fsp3) is 0.263. The summed E-state index contributed by atoms with van der Waals surface area (Å²) in [7, 11) is 0. The normalized spacial score (nSPS) is 12.5. The van der Waals surface area contributed by atoms with Crippen LogP contribution in [-0.4, -0.2) is 10.1 Å². The number of hydrogen-bond acceptors (Lipinski definition) is 4. The standard InChI is InChI=1S/C19H19BrClN3O/c1-12(2)18(13-6-8-16(21)9-7-13)22-11-17-23-19(24-25-17)14-4-3-5-15(20)10-14/h3-10,12,18,22H,11H2,1-2H3/t18-/m1/s1. The zero-order valence-electron chi connectivity index (χ0n) is 14.0. The highest BCUT2D eigenvalue weighted by Gasteiger charge is 2.17. The van der Waals surface area contributed by atoms with Crippen molar-refractivity contribution in [3.8, 4) is 11.4 Å². The van der Waals surface area contributed by atoms with Gasteiger partial charge in [-0.15, -0.1) is 0 Å². The molecular weight excluding hydrogens is 402 g/mol. The molecule has 3 aromatic rings. The lowest BCUT2D eigenvalue weighted by atomic mass is 9.96. The summed E-state index contributed by atoms with van der Waals surface area (Å²) in [6, 6.07) is 15.9. The summed E-state index contributed by atoms with van der Waals surface area (Å²) in [5.41, 5.74) is 2.11. The van der Waals surface area contributed by atoms with E-state index in [0.717, 1.165) is 15.1 Å². The first-order valence-electron chi connectivity index (χ1n) is 8.10. The van der Waals surface area contributed by atoms with Crippen LogP contribution >= 0.6 is 27.5 Å². The van der Waals surface area contributed by atoms with Gasteiger partial charge in [0.05, 0.1) is 6.54 Å². The lowest BCUT2D eigenvalue weighted by Crippen LogP contribution is -2.25. The highest BCUT2D eigenvalue weighted by Crippen LogP contribution is 2.24. The molecule has 0 radical (unpaired) electrons. The van der Waals surface area contributed by atoms with Crippen molar-refractivity contribution >= 4 is 27.5 Å². The van der Waals surface area contributed by atoms with Crippen molar-refractivity contribution < 1.29 is 4.52 Å². The third-order valence-electron chi connectivity index (χ3n) is 3.92. The molecule has 0 fully saturated rings. The number of rotatable bonds is 6. The molecule has 25 heavy (non-hydrogen) atoms. The van der Waals surface area contributed by atoms with E-state index in [1.54, 1.807) is 0 Å². The minimum absolute atomic E-state index is 0.179. The van der Waals surface area contributed by atoms with E-state index in [4.69, 9.17) is 16.1 Å². The maximum atomic E-state index is 5.98. The Labute approximate surface area is 160 Å². The first-order chi connectivity index (χ1) is 12.0.